The summed E-state index contributed by atoms with van der Waals surface area (Å²) in [6, 6.07) is 20.4. The van der Waals surface area contributed by atoms with Crippen molar-refractivity contribution >= 4 is 38.7 Å². The van der Waals surface area contributed by atoms with Gasteiger partial charge in [0.1, 0.15) is 11.6 Å². The van der Waals surface area contributed by atoms with Crippen molar-refractivity contribution in [2.24, 2.45) is 5.92 Å². The van der Waals surface area contributed by atoms with Crippen LogP contribution in [-0.2, 0) is 4.79 Å². The van der Waals surface area contributed by atoms with E-state index in [4.69, 9.17) is 4.74 Å². The maximum Gasteiger partial charge on any atom is 0.335 e. The molecule has 1 heterocycles. The highest BCUT2D eigenvalue weighted by Crippen LogP contribution is 2.47. The number of carbonyl (C=O) groups is 1. The first-order chi connectivity index (χ1) is 16.2. The molecule has 1 aliphatic carbocycles. The Hall–Kier alpha value is -3.57. The fourth-order valence-corrected chi connectivity index (χ4v) is 4.98. The van der Waals surface area contributed by atoms with Gasteiger partial charge in [0.05, 0.1) is 15.7 Å². The quantitative estimate of drug-likeness (QED) is 0.133. The number of hydrogen-bond donors (Lipinski definition) is 0. The molecule has 1 aromatic heterocycles. The molecule has 1 saturated carbocycles. The minimum absolute atomic E-state index is 0.214. The summed E-state index contributed by atoms with van der Waals surface area (Å²) < 4.78 is 21.9. The Labute approximate surface area is 195 Å². The third kappa shape index (κ3) is 4.12. The predicted octanol–water partition coefficient (Wildman–Crippen LogP) is 7.29. The number of carbonyl (C=O) groups excluding carboxylic acids is 1. The van der Waals surface area contributed by atoms with E-state index < -0.39 is 5.97 Å². The number of nitrogens with zero attached hydrogens (tertiary/aromatic N) is 1. The van der Waals surface area contributed by atoms with Crippen molar-refractivity contribution in [3.05, 3.63) is 107 Å². The number of hydrogen-bond acceptors (Lipinski definition) is 4. The predicted molar refractivity (Wildman–Crippen MR) is 132 cm³/mol. The van der Waals surface area contributed by atoms with Gasteiger partial charge in [-0.3, -0.25) is 0 Å². The van der Waals surface area contributed by atoms with Gasteiger partial charge in [-0.25, -0.2) is 14.2 Å². The van der Waals surface area contributed by atoms with Crippen LogP contribution in [0.5, 0.6) is 5.75 Å². The second-order valence-corrected chi connectivity index (χ2v) is 8.94. The molecule has 3 nitrogen and oxygen atoms in total. The van der Waals surface area contributed by atoms with Gasteiger partial charge in [0.15, 0.2) is 0 Å². The first kappa shape index (κ1) is 21.3. The Morgan fingerprint density at radius 2 is 1.82 bits per heavy atom. The lowest BCUT2D eigenvalue weighted by Gasteiger charge is -2.32. The number of rotatable bonds is 6. The van der Waals surface area contributed by atoms with E-state index in [-0.39, 0.29) is 11.7 Å². The highest BCUT2D eigenvalue weighted by molar-refractivity contribution is 7.16. The fourth-order valence-electron chi connectivity index (χ4n) is 4.32. The number of halogens is 1. The summed E-state index contributed by atoms with van der Waals surface area (Å²) in [6.07, 6.45) is 4.22. The summed E-state index contributed by atoms with van der Waals surface area (Å²) in [5.41, 5.74) is 6.76. The molecule has 0 aliphatic heterocycles. The van der Waals surface area contributed by atoms with Crippen molar-refractivity contribution in [3.63, 3.8) is 0 Å². The number of para-hydroxylation sites is 1. The van der Waals surface area contributed by atoms with Crippen LogP contribution in [0.15, 0.2) is 84.9 Å². The van der Waals surface area contributed by atoms with Crippen LogP contribution in [0.3, 0.4) is 0 Å². The van der Waals surface area contributed by atoms with Crippen LogP contribution >= 0.6 is 11.3 Å². The zero-order chi connectivity index (χ0) is 22.8. The summed E-state index contributed by atoms with van der Waals surface area (Å²) in [5.74, 6) is -0.157. The van der Waals surface area contributed by atoms with Crippen LogP contribution in [0.2, 0.25) is 0 Å². The molecule has 1 fully saturated rings. The Bertz CT molecular complexity index is 1380. The summed E-state index contributed by atoms with van der Waals surface area (Å²) >= 11 is 1.58. The number of fused-ring (bicyclic) bond motifs is 1. The minimum Gasteiger partial charge on any atom is -0.423 e. The van der Waals surface area contributed by atoms with E-state index >= 15 is 4.39 Å². The average molecular weight is 456 g/mol. The normalized spacial score (nSPS) is 14.5. The molecule has 0 N–H and O–H groups in total. The Kier molecular flexibility index (Phi) is 5.88. The van der Waals surface area contributed by atoms with Crippen molar-refractivity contribution < 1.29 is 13.9 Å². The van der Waals surface area contributed by atoms with E-state index in [2.05, 4.69) is 11.6 Å². The van der Waals surface area contributed by atoms with E-state index in [1.54, 1.807) is 23.5 Å². The SMILES string of the molecule is C=CC(=O)Oc1ccccc1/C(=C(\c1ccccc1F)C1CCC1)c1ccc2scnc2c1. The molecule has 0 amide bonds. The van der Waals surface area contributed by atoms with Crippen LogP contribution in [0.25, 0.3) is 21.4 Å². The first-order valence-corrected chi connectivity index (χ1v) is 11.8. The van der Waals surface area contributed by atoms with Crippen molar-refractivity contribution in [1.82, 2.24) is 4.98 Å². The maximum atomic E-state index is 15.2. The number of benzene rings is 3. The van der Waals surface area contributed by atoms with Crippen LogP contribution in [0.4, 0.5) is 4.39 Å². The Morgan fingerprint density at radius 3 is 2.55 bits per heavy atom. The highest BCUT2D eigenvalue weighted by Gasteiger charge is 2.30. The number of thiazole rings is 1. The molecule has 4 aromatic rings. The zero-order valence-electron chi connectivity index (χ0n) is 18.0. The van der Waals surface area contributed by atoms with Gasteiger partial charge in [-0.1, -0.05) is 55.5 Å². The lowest BCUT2D eigenvalue weighted by atomic mass is 9.73. The third-order valence-corrected chi connectivity index (χ3v) is 6.91. The van der Waals surface area contributed by atoms with Crippen LogP contribution in [-0.4, -0.2) is 11.0 Å². The molecule has 0 saturated heterocycles. The van der Waals surface area contributed by atoms with E-state index in [1.165, 1.54) is 6.07 Å². The second kappa shape index (κ2) is 9.12. The summed E-state index contributed by atoms with van der Waals surface area (Å²) in [6.45, 7) is 3.52. The number of allylic oxidation sites excluding steroid dienone is 1. The molecule has 0 unspecified atom stereocenters. The largest absolute Gasteiger partial charge is 0.423 e. The molecule has 33 heavy (non-hydrogen) atoms. The molecule has 0 spiro atoms. The zero-order valence-corrected chi connectivity index (χ0v) is 18.8. The summed E-state index contributed by atoms with van der Waals surface area (Å²) in [7, 11) is 0. The molecule has 3 aromatic carbocycles. The molecule has 0 radical (unpaired) electrons. The third-order valence-electron chi connectivity index (χ3n) is 6.10. The van der Waals surface area contributed by atoms with Gasteiger partial charge in [-0.15, -0.1) is 11.3 Å². The summed E-state index contributed by atoms with van der Waals surface area (Å²) in [5, 5.41) is 0. The van der Waals surface area contributed by atoms with E-state index in [9.17, 15) is 4.79 Å². The number of ether oxygens (including phenoxy) is 1. The molecule has 5 heteroatoms. The molecule has 5 rings (SSSR count). The van der Waals surface area contributed by atoms with Crippen molar-refractivity contribution in [3.8, 4) is 5.75 Å². The molecule has 1 aliphatic rings. The molecular formula is C28H22FNO2S. The van der Waals surface area contributed by atoms with Crippen LogP contribution in [0.1, 0.15) is 36.0 Å². The summed E-state index contributed by atoms with van der Waals surface area (Å²) in [4.78, 5) is 16.6. The molecule has 0 atom stereocenters. The van der Waals surface area contributed by atoms with E-state index in [0.717, 1.165) is 57.8 Å². The topological polar surface area (TPSA) is 39.2 Å². The van der Waals surface area contributed by atoms with Crippen LogP contribution in [0, 0.1) is 11.7 Å². The van der Waals surface area contributed by atoms with Gasteiger partial charge in [0, 0.05) is 17.2 Å². The average Bonchev–Trinajstić information content (AvgIpc) is 3.27. The van der Waals surface area contributed by atoms with Gasteiger partial charge in [0.25, 0.3) is 0 Å². The monoisotopic (exact) mass is 455 g/mol. The van der Waals surface area contributed by atoms with Gasteiger partial charge < -0.3 is 4.74 Å². The van der Waals surface area contributed by atoms with Gasteiger partial charge in [-0.2, -0.15) is 0 Å². The smallest absolute Gasteiger partial charge is 0.335 e. The Morgan fingerprint density at radius 1 is 1.06 bits per heavy atom. The molecule has 164 valence electrons. The van der Waals surface area contributed by atoms with Gasteiger partial charge >= 0.3 is 5.97 Å². The van der Waals surface area contributed by atoms with Crippen molar-refractivity contribution in [1.29, 1.82) is 0 Å². The van der Waals surface area contributed by atoms with Gasteiger partial charge in [0.2, 0.25) is 0 Å². The maximum absolute atomic E-state index is 15.2. The van der Waals surface area contributed by atoms with E-state index in [0.29, 0.717) is 11.3 Å². The molecule has 0 bridgehead atoms. The molecular weight excluding hydrogens is 433 g/mol. The fraction of sp³-hybridized carbons (Fsp3) is 0.143. The number of aromatic nitrogens is 1. The lowest BCUT2D eigenvalue weighted by Crippen LogP contribution is -2.16. The Balaban J connectivity index is 1.84. The highest BCUT2D eigenvalue weighted by atomic mass is 32.1. The number of esters is 1. The van der Waals surface area contributed by atoms with Gasteiger partial charge in [-0.05, 0) is 59.7 Å². The first-order valence-electron chi connectivity index (χ1n) is 10.9. The van der Waals surface area contributed by atoms with E-state index in [1.807, 2.05) is 54.0 Å². The standard InChI is InChI=1S/C28H22FNO2S/c1-2-26(31)32-24-13-6-4-11-21(24)28(19-14-15-25-23(16-19)30-17-33-25)27(18-8-7-9-18)20-10-3-5-12-22(20)29/h2-6,10-18H,1,7-9H2/b28-27-. The second-order valence-electron chi connectivity index (χ2n) is 8.05. The lowest BCUT2D eigenvalue weighted by molar-refractivity contribution is -0.128. The van der Waals surface area contributed by atoms with Crippen molar-refractivity contribution in [2.45, 2.75) is 19.3 Å². The van der Waals surface area contributed by atoms with Crippen molar-refractivity contribution in [2.75, 3.05) is 0 Å². The van der Waals surface area contributed by atoms with Crippen LogP contribution < -0.4 is 4.74 Å². The minimum atomic E-state index is -0.534.